The number of aromatic nitrogens is 2. The lowest BCUT2D eigenvalue weighted by atomic mass is 10.2. The minimum Gasteiger partial charge on any atom is -0.497 e. The van der Waals surface area contributed by atoms with E-state index in [0.29, 0.717) is 30.3 Å². The quantitative estimate of drug-likeness (QED) is 0.368. The fourth-order valence-electron chi connectivity index (χ4n) is 4.03. The number of carbonyl (C=O) groups is 1. The van der Waals surface area contributed by atoms with Crippen LogP contribution in [0.25, 0.3) is 10.2 Å². The van der Waals surface area contributed by atoms with Crippen LogP contribution in [0.5, 0.6) is 5.75 Å². The number of methoxy groups -OCH3 is 1. The van der Waals surface area contributed by atoms with E-state index < -0.39 is 16.1 Å². The lowest BCUT2D eigenvalue weighted by Crippen LogP contribution is -2.47. The number of nitrogens with zero attached hydrogens (tertiary/aromatic N) is 4. The number of hydrogen-bond donors (Lipinski definition) is 0. The molecule has 0 bridgehead atoms. The summed E-state index contributed by atoms with van der Waals surface area (Å²) in [6.07, 6.45) is 4.46. The van der Waals surface area contributed by atoms with Crippen molar-refractivity contribution in [2.45, 2.75) is 29.6 Å². The largest absolute Gasteiger partial charge is 0.497 e. The van der Waals surface area contributed by atoms with Crippen LogP contribution < -0.4 is 9.64 Å². The molecule has 1 aromatic carbocycles. The Morgan fingerprint density at radius 1 is 1.26 bits per heavy atom. The number of hydrogen-bond acceptors (Lipinski definition) is 8. The first-order valence-electron chi connectivity index (χ1n) is 10.7. The lowest BCUT2D eigenvalue weighted by molar-refractivity contribution is -0.121. The maximum atomic E-state index is 13.9. The second-order valence-corrected chi connectivity index (χ2v) is 11.9. The van der Waals surface area contributed by atoms with Crippen LogP contribution in [0.15, 0.2) is 64.4 Å². The standard InChI is InChI=1S/C23H22N4O4S3/c1-31-17-8-9-20-18(13-17)25-23(33-20)26(15-16-5-2-10-24-14-16)22(28)19-6-3-11-27(19)34(29,30)21-7-4-12-32-21/h2,4-5,7-10,12-14,19H,3,6,11,15H2,1H3. The molecule has 3 aromatic heterocycles. The van der Waals surface area contributed by atoms with E-state index in [1.54, 1.807) is 41.9 Å². The molecule has 1 aliphatic heterocycles. The number of rotatable bonds is 7. The van der Waals surface area contributed by atoms with Crippen LogP contribution in [-0.2, 0) is 21.4 Å². The Morgan fingerprint density at radius 3 is 2.88 bits per heavy atom. The molecule has 176 valence electrons. The number of sulfonamides is 1. The average Bonchev–Trinajstić information content (AvgIpc) is 3.62. The highest BCUT2D eigenvalue weighted by Crippen LogP contribution is 2.35. The number of ether oxygens (including phenoxy) is 1. The molecular formula is C23H22N4O4S3. The van der Waals surface area contributed by atoms with E-state index in [9.17, 15) is 13.2 Å². The van der Waals surface area contributed by atoms with Crippen molar-refractivity contribution in [1.29, 1.82) is 0 Å². The smallest absolute Gasteiger partial charge is 0.253 e. The predicted molar refractivity (Wildman–Crippen MR) is 133 cm³/mol. The zero-order chi connectivity index (χ0) is 23.7. The zero-order valence-electron chi connectivity index (χ0n) is 18.3. The van der Waals surface area contributed by atoms with Crippen molar-refractivity contribution in [1.82, 2.24) is 14.3 Å². The van der Waals surface area contributed by atoms with Gasteiger partial charge in [-0.15, -0.1) is 11.3 Å². The zero-order valence-corrected chi connectivity index (χ0v) is 20.8. The van der Waals surface area contributed by atoms with E-state index >= 15 is 0 Å². The molecule has 0 saturated carbocycles. The van der Waals surface area contributed by atoms with Gasteiger partial charge in [-0.25, -0.2) is 13.4 Å². The van der Waals surface area contributed by atoms with Gasteiger partial charge in [-0.05, 0) is 48.1 Å². The van der Waals surface area contributed by atoms with Gasteiger partial charge in [0.1, 0.15) is 16.0 Å². The van der Waals surface area contributed by atoms with Gasteiger partial charge in [-0.2, -0.15) is 4.31 Å². The van der Waals surface area contributed by atoms with Crippen LogP contribution >= 0.6 is 22.7 Å². The minimum atomic E-state index is -3.75. The van der Waals surface area contributed by atoms with Crippen LogP contribution in [0.2, 0.25) is 0 Å². The summed E-state index contributed by atoms with van der Waals surface area (Å²) in [6.45, 7) is 0.557. The van der Waals surface area contributed by atoms with Crippen molar-refractivity contribution in [3.63, 3.8) is 0 Å². The minimum absolute atomic E-state index is 0.243. The lowest BCUT2D eigenvalue weighted by Gasteiger charge is -2.28. The second-order valence-electron chi connectivity index (χ2n) is 7.82. The first kappa shape index (κ1) is 22.9. The molecule has 0 spiro atoms. The molecule has 1 unspecified atom stereocenters. The SMILES string of the molecule is COc1ccc2sc(N(Cc3cccnc3)C(=O)C3CCCN3S(=O)(=O)c3cccs3)nc2c1. The van der Waals surface area contributed by atoms with Gasteiger partial charge in [-0.3, -0.25) is 14.7 Å². The van der Waals surface area contributed by atoms with Crippen molar-refractivity contribution in [3.8, 4) is 5.75 Å². The third-order valence-corrected chi connectivity index (χ3v) is 10.0. The van der Waals surface area contributed by atoms with E-state index in [2.05, 4.69) is 4.98 Å². The number of amides is 1. The van der Waals surface area contributed by atoms with Gasteiger partial charge in [-0.1, -0.05) is 23.5 Å². The Kier molecular flexibility index (Phi) is 6.34. The molecule has 1 atom stereocenters. The molecule has 4 heterocycles. The van der Waals surface area contributed by atoms with E-state index in [1.165, 1.54) is 15.6 Å². The van der Waals surface area contributed by atoms with Crippen LogP contribution in [0.3, 0.4) is 0 Å². The third-order valence-electron chi connectivity index (χ3n) is 5.69. The van der Waals surface area contributed by atoms with Gasteiger partial charge in [0.2, 0.25) is 5.91 Å². The topological polar surface area (TPSA) is 92.7 Å². The summed E-state index contributed by atoms with van der Waals surface area (Å²) in [5.74, 6) is 0.394. The van der Waals surface area contributed by atoms with E-state index in [-0.39, 0.29) is 16.7 Å². The number of thiophene rings is 1. The molecule has 4 aromatic rings. The monoisotopic (exact) mass is 514 g/mol. The highest BCUT2D eigenvalue weighted by Gasteiger charge is 2.42. The second kappa shape index (κ2) is 9.41. The summed E-state index contributed by atoms with van der Waals surface area (Å²) < 4.78 is 34.3. The predicted octanol–water partition coefficient (Wildman–Crippen LogP) is 4.15. The van der Waals surface area contributed by atoms with Crippen LogP contribution in [0.1, 0.15) is 18.4 Å². The summed E-state index contributed by atoms with van der Waals surface area (Å²) in [4.78, 5) is 24.4. The van der Waals surface area contributed by atoms with Crippen LogP contribution in [0, 0.1) is 0 Å². The van der Waals surface area contributed by atoms with Crippen LogP contribution in [0.4, 0.5) is 5.13 Å². The summed E-state index contributed by atoms with van der Waals surface area (Å²) in [5.41, 5.74) is 1.55. The summed E-state index contributed by atoms with van der Waals surface area (Å²) >= 11 is 2.55. The number of benzene rings is 1. The molecule has 1 fully saturated rings. The van der Waals surface area contributed by atoms with Crippen LogP contribution in [-0.4, -0.2) is 48.3 Å². The van der Waals surface area contributed by atoms with Gasteiger partial charge < -0.3 is 4.74 Å². The molecule has 5 rings (SSSR count). The first-order chi connectivity index (χ1) is 16.5. The molecule has 34 heavy (non-hydrogen) atoms. The first-order valence-corrected chi connectivity index (χ1v) is 13.8. The Balaban J connectivity index is 1.53. The highest BCUT2D eigenvalue weighted by molar-refractivity contribution is 7.91. The van der Waals surface area contributed by atoms with Crippen molar-refractivity contribution >= 4 is 54.0 Å². The Bertz CT molecular complexity index is 1400. The number of thiazole rings is 1. The maximum absolute atomic E-state index is 13.9. The van der Waals surface area contributed by atoms with Gasteiger partial charge in [0.25, 0.3) is 10.0 Å². The van der Waals surface area contributed by atoms with Gasteiger partial charge in [0, 0.05) is 25.0 Å². The summed E-state index contributed by atoms with van der Waals surface area (Å²) in [5, 5.41) is 2.24. The average molecular weight is 515 g/mol. The third kappa shape index (κ3) is 4.31. The van der Waals surface area contributed by atoms with E-state index in [4.69, 9.17) is 9.72 Å². The molecule has 8 nitrogen and oxygen atoms in total. The molecule has 1 aliphatic rings. The van der Waals surface area contributed by atoms with Crippen molar-refractivity contribution in [2.24, 2.45) is 0 Å². The van der Waals surface area contributed by atoms with E-state index in [1.807, 2.05) is 30.3 Å². The number of fused-ring (bicyclic) bond motifs is 1. The van der Waals surface area contributed by atoms with Gasteiger partial charge >= 0.3 is 0 Å². The molecule has 11 heteroatoms. The molecule has 1 saturated heterocycles. The normalized spacial score (nSPS) is 16.7. The highest BCUT2D eigenvalue weighted by atomic mass is 32.2. The number of carbonyl (C=O) groups excluding carboxylic acids is 1. The van der Waals surface area contributed by atoms with Gasteiger partial charge in [0.15, 0.2) is 5.13 Å². The number of anilines is 1. The van der Waals surface area contributed by atoms with Crippen molar-refractivity contribution < 1.29 is 17.9 Å². The van der Waals surface area contributed by atoms with Crippen molar-refractivity contribution in [3.05, 3.63) is 65.8 Å². The molecule has 0 N–H and O–H groups in total. The Labute approximate surface area is 205 Å². The molecule has 0 aliphatic carbocycles. The molecule has 1 amide bonds. The molecule has 0 radical (unpaired) electrons. The van der Waals surface area contributed by atoms with E-state index in [0.717, 1.165) is 27.1 Å². The van der Waals surface area contributed by atoms with Crippen molar-refractivity contribution in [2.75, 3.05) is 18.6 Å². The maximum Gasteiger partial charge on any atom is 0.253 e. The van der Waals surface area contributed by atoms with Gasteiger partial charge in [0.05, 0.1) is 23.9 Å². The molecular weight excluding hydrogens is 492 g/mol. The fraction of sp³-hybridized carbons (Fsp3) is 0.261. The summed E-state index contributed by atoms with van der Waals surface area (Å²) in [6, 6.07) is 11.8. The summed E-state index contributed by atoms with van der Waals surface area (Å²) in [7, 11) is -2.16. The number of pyridine rings is 1. The Morgan fingerprint density at radius 2 is 2.15 bits per heavy atom. The fourth-order valence-corrected chi connectivity index (χ4v) is 7.75. The Hall–Kier alpha value is -2.86.